The molecule has 0 aliphatic heterocycles. The topological polar surface area (TPSA) is 63.3 Å². The van der Waals surface area contributed by atoms with E-state index in [4.69, 9.17) is 10.8 Å². The summed E-state index contributed by atoms with van der Waals surface area (Å²) in [6, 6.07) is 6.51. The van der Waals surface area contributed by atoms with Crippen molar-refractivity contribution in [1.82, 2.24) is 0 Å². The number of unbranched alkanes of at least 4 members (excludes halogenated alkanes) is 1. The Morgan fingerprint density at radius 1 is 1.21 bits per heavy atom. The highest BCUT2D eigenvalue weighted by Gasteiger charge is 2.08. The monoisotopic (exact) mass is 263 g/mol. The molecular formula is C16H25NO2. The quantitative estimate of drug-likeness (QED) is 0.706. The molecule has 1 aromatic rings. The van der Waals surface area contributed by atoms with E-state index in [1.54, 1.807) is 0 Å². The van der Waals surface area contributed by atoms with Crippen LogP contribution in [0, 0.1) is 0 Å². The lowest BCUT2D eigenvalue weighted by Crippen LogP contribution is -2.11. The first-order valence-electron chi connectivity index (χ1n) is 7.17. The number of rotatable bonds is 8. The summed E-state index contributed by atoms with van der Waals surface area (Å²) in [7, 11) is 0. The predicted molar refractivity (Wildman–Crippen MR) is 78.2 cm³/mol. The van der Waals surface area contributed by atoms with E-state index in [0.29, 0.717) is 6.42 Å². The molecule has 0 radical (unpaired) electrons. The Morgan fingerprint density at radius 2 is 1.89 bits per heavy atom. The largest absolute Gasteiger partial charge is 0.481 e. The highest BCUT2D eigenvalue weighted by molar-refractivity contribution is 5.66. The molecule has 1 atom stereocenters. The zero-order valence-electron chi connectivity index (χ0n) is 12.0. The Labute approximate surface area is 115 Å². The fourth-order valence-corrected chi connectivity index (χ4v) is 2.36. The molecule has 0 spiro atoms. The van der Waals surface area contributed by atoms with Crippen LogP contribution in [-0.4, -0.2) is 11.1 Å². The van der Waals surface area contributed by atoms with Crippen molar-refractivity contribution >= 4 is 5.97 Å². The predicted octanol–water partition coefficient (Wildman–Crippen LogP) is 3.46. The Balaban J connectivity index is 2.56. The number of carbonyl (C=O) groups is 1. The first-order chi connectivity index (χ1) is 9.08. The van der Waals surface area contributed by atoms with Gasteiger partial charge in [-0.05, 0) is 42.4 Å². The van der Waals surface area contributed by atoms with Crippen molar-refractivity contribution in [2.24, 2.45) is 5.73 Å². The molecule has 0 amide bonds. The summed E-state index contributed by atoms with van der Waals surface area (Å²) in [5.41, 5.74) is 10.1. The summed E-state index contributed by atoms with van der Waals surface area (Å²) < 4.78 is 0. The van der Waals surface area contributed by atoms with E-state index in [-0.39, 0.29) is 12.5 Å². The van der Waals surface area contributed by atoms with E-state index in [9.17, 15) is 4.79 Å². The minimum absolute atomic E-state index is 0.0185. The van der Waals surface area contributed by atoms with Crippen molar-refractivity contribution in [2.45, 2.75) is 58.4 Å². The second-order valence-corrected chi connectivity index (χ2v) is 4.98. The number of hydrogen-bond donors (Lipinski definition) is 2. The maximum Gasteiger partial charge on any atom is 0.303 e. The number of aryl methyl sites for hydroxylation is 2. The number of aliphatic carboxylic acids is 1. The van der Waals surface area contributed by atoms with E-state index in [0.717, 1.165) is 25.7 Å². The zero-order chi connectivity index (χ0) is 14.3. The maximum absolute atomic E-state index is 10.4. The van der Waals surface area contributed by atoms with Crippen molar-refractivity contribution in [2.75, 3.05) is 0 Å². The van der Waals surface area contributed by atoms with Gasteiger partial charge in [0, 0.05) is 12.5 Å². The standard InChI is InChI=1S/C16H25NO2/c1-3-12-9-10-14(11-13(12)4-2)15(17)7-5-6-8-16(18)19/h9-11,15H,3-8,17H2,1-2H3,(H,18,19). The molecule has 0 heterocycles. The molecule has 106 valence electrons. The van der Waals surface area contributed by atoms with Crippen LogP contribution >= 0.6 is 0 Å². The van der Waals surface area contributed by atoms with Gasteiger partial charge in [0.05, 0.1) is 0 Å². The average molecular weight is 263 g/mol. The van der Waals surface area contributed by atoms with E-state index < -0.39 is 5.97 Å². The van der Waals surface area contributed by atoms with Crippen LogP contribution in [-0.2, 0) is 17.6 Å². The number of carboxylic acids is 1. The molecule has 3 heteroatoms. The Bertz CT molecular complexity index is 415. The van der Waals surface area contributed by atoms with Gasteiger partial charge in [0.25, 0.3) is 0 Å². The van der Waals surface area contributed by atoms with Crippen LogP contribution in [0.4, 0.5) is 0 Å². The van der Waals surface area contributed by atoms with E-state index >= 15 is 0 Å². The van der Waals surface area contributed by atoms with Crippen LogP contribution in [0.1, 0.15) is 62.3 Å². The van der Waals surface area contributed by atoms with Gasteiger partial charge in [-0.1, -0.05) is 38.5 Å². The van der Waals surface area contributed by atoms with Gasteiger partial charge in [0.2, 0.25) is 0 Å². The lowest BCUT2D eigenvalue weighted by molar-refractivity contribution is -0.137. The molecule has 0 fully saturated rings. The van der Waals surface area contributed by atoms with Crippen LogP contribution in [0.2, 0.25) is 0 Å². The molecular weight excluding hydrogens is 238 g/mol. The third-order valence-corrected chi connectivity index (χ3v) is 3.58. The van der Waals surface area contributed by atoms with Crippen LogP contribution in [0.15, 0.2) is 18.2 Å². The highest BCUT2D eigenvalue weighted by Crippen LogP contribution is 2.21. The maximum atomic E-state index is 10.4. The molecule has 0 aliphatic carbocycles. The van der Waals surface area contributed by atoms with Crippen LogP contribution in [0.25, 0.3) is 0 Å². The first-order valence-corrected chi connectivity index (χ1v) is 7.17. The molecule has 0 saturated heterocycles. The third kappa shape index (κ3) is 5.03. The molecule has 0 aromatic heterocycles. The van der Waals surface area contributed by atoms with E-state index in [1.165, 1.54) is 16.7 Å². The summed E-state index contributed by atoms with van der Waals surface area (Å²) in [5, 5.41) is 8.59. The molecule has 0 bridgehead atoms. The fourth-order valence-electron chi connectivity index (χ4n) is 2.36. The number of benzene rings is 1. The summed E-state index contributed by atoms with van der Waals surface area (Å²) in [6.45, 7) is 4.33. The van der Waals surface area contributed by atoms with Crippen molar-refractivity contribution in [3.05, 3.63) is 34.9 Å². The molecule has 3 nitrogen and oxygen atoms in total. The van der Waals surface area contributed by atoms with E-state index in [1.807, 2.05) is 0 Å². The Kier molecular flexibility index (Phi) is 6.57. The molecule has 1 unspecified atom stereocenters. The molecule has 0 saturated carbocycles. The summed E-state index contributed by atoms with van der Waals surface area (Å²) in [4.78, 5) is 10.4. The van der Waals surface area contributed by atoms with Crippen LogP contribution in [0.5, 0.6) is 0 Å². The fraction of sp³-hybridized carbons (Fsp3) is 0.562. The average Bonchev–Trinajstić information content (AvgIpc) is 2.42. The number of carboxylic acid groups (broad SMARTS) is 1. The number of hydrogen-bond acceptors (Lipinski definition) is 2. The van der Waals surface area contributed by atoms with Gasteiger partial charge in [-0.2, -0.15) is 0 Å². The third-order valence-electron chi connectivity index (χ3n) is 3.58. The van der Waals surface area contributed by atoms with Gasteiger partial charge in [-0.25, -0.2) is 0 Å². The lowest BCUT2D eigenvalue weighted by Gasteiger charge is -2.15. The summed E-state index contributed by atoms with van der Waals surface area (Å²) in [5.74, 6) is -0.728. The van der Waals surface area contributed by atoms with Gasteiger partial charge in [-0.3, -0.25) is 4.79 Å². The highest BCUT2D eigenvalue weighted by atomic mass is 16.4. The van der Waals surface area contributed by atoms with Gasteiger partial charge >= 0.3 is 5.97 Å². The summed E-state index contributed by atoms with van der Waals surface area (Å²) >= 11 is 0. The second kappa shape index (κ2) is 7.95. The minimum Gasteiger partial charge on any atom is -0.481 e. The molecule has 1 aromatic carbocycles. The normalized spacial score (nSPS) is 12.4. The Hall–Kier alpha value is -1.35. The second-order valence-electron chi connectivity index (χ2n) is 4.98. The van der Waals surface area contributed by atoms with Crippen molar-refractivity contribution in [1.29, 1.82) is 0 Å². The first kappa shape index (κ1) is 15.7. The van der Waals surface area contributed by atoms with Gasteiger partial charge in [0.1, 0.15) is 0 Å². The zero-order valence-corrected chi connectivity index (χ0v) is 12.0. The van der Waals surface area contributed by atoms with Crippen molar-refractivity contribution in [3.63, 3.8) is 0 Å². The lowest BCUT2D eigenvalue weighted by atomic mass is 9.95. The van der Waals surface area contributed by atoms with Crippen molar-refractivity contribution < 1.29 is 9.90 Å². The summed E-state index contributed by atoms with van der Waals surface area (Å²) in [6.07, 6.45) is 4.74. The van der Waals surface area contributed by atoms with Crippen molar-refractivity contribution in [3.8, 4) is 0 Å². The Morgan fingerprint density at radius 3 is 2.47 bits per heavy atom. The number of nitrogens with two attached hydrogens (primary N) is 1. The van der Waals surface area contributed by atoms with Crippen LogP contribution < -0.4 is 5.73 Å². The van der Waals surface area contributed by atoms with Gasteiger partial charge in [-0.15, -0.1) is 0 Å². The van der Waals surface area contributed by atoms with Crippen LogP contribution in [0.3, 0.4) is 0 Å². The molecule has 1 rings (SSSR count). The van der Waals surface area contributed by atoms with Gasteiger partial charge < -0.3 is 10.8 Å². The van der Waals surface area contributed by atoms with E-state index in [2.05, 4.69) is 32.0 Å². The molecule has 3 N–H and O–H groups in total. The smallest absolute Gasteiger partial charge is 0.303 e. The molecule has 0 aliphatic rings. The molecule has 19 heavy (non-hydrogen) atoms. The SMILES string of the molecule is CCc1ccc(C(N)CCCCC(=O)O)cc1CC. The van der Waals surface area contributed by atoms with Gasteiger partial charge in [0.15, 0.2) is 0 Å². The minimum atomic E-state index is -0.728.